The number of alkyl halides is 17. The first-order chi connectivity index (χ1) is 15.1. The maximum absolute atomic E-state index is 13.9. The fourth-order valence-electron chi connectivity index (χ4n) is 2.52. The molecule has 0 fully saturated rings. The number of rotatable bonds is 11. The number of nitrogens with zero attached hydrogens (tertiary/aromatic N) is 1. The largest absolute Gasteiger partial charge is 0.460 e. The lowest BCUT2D eigenvalue weighted by atomic mass is 9.91. The molecule has 1 N–H and O–H groups in total. The molecule has 4 nitrogen and oxygen atoms in total. The van der Waals surface area contributed by atoms with Crippen molar-refractivity contribution in [2.75, 3.05) is 27.7 Å². The lowest BCUT2D eigenvalue weighted by Crippen LogP contribution is -2.75. The minimum Gasteiger partial charge on any atom is -0.330 e. The van der Waals surface area contributed by atoms with Crippen LogP contribution in [-0.4, -0.2) is 93.6 Å². The van der Waals surface area contributed by atoms with E-state index in [-0.39, 0.29) is 4.48 Å². The second-order valence-electron chi connectivity index (χ2n) is 8.46. The average Bonchev–Trinajstić information content (AvgIpc) is 2.57. The molecule has 0 heterocycles. The first-order valence-electron chi connectivity index (χ1n) is 8.64. The van der Waals surface area contributed by atoms with Crippen molar-refractivity contribution in [1.82, 2.24) is 4.72 Å². The summed E-state index contributed by atoms with van der Waals surface area (Å²) in [4.78, 5) is 0. The van der Waals surface area contributed by atoms with Gasteiger partial charge in [-0.15, -0.1) is 0 Å². The Balaban J connectivity index is 6.80. The normalized spacial score (nSPS) is 17.4. The highest BCUT2D eigenvalue weighted by molar-refractivity contribution is 7.90. The smallest absolute Gasteiger partial charge is 0.330 e. The maximum atomic E-state index is 13.9. The zero-order valence-electron chi connectivity index (χ0n) is 17.9. The van der Waals surface area contributed by atoms with E-state index in [0.29, 0.717) is 11.6 Å². The Morgan fingerprint density at radius 2 is 0.861 bits per heavy atom. The number of hydrogen-bond donors (Lipinski definition) is 1. The Morgan fingerprint density at radius 3 is 1.14 bits per heavy atom. The Kier molecular flexibility index (Phi) is 8.54. The molecule has 1 unspecified atom stereocenters. The monoisotopic (exact) mass is 599 g/mol. The van der Waals surface area contributed by atoms with Gasteiger partial charge < -0.3 is 4.48 Å². The Bertz CT molecular complexity index is 905. The van der Waals surface area contributed by atoms with Crippen molar-refractivity contribution in [2.45, 2.75) is 59.9 Å². The lowest BCUT2D eigenvalue weighted by molar-refractivity contribution is -0.871. The van der Waals surface area contributed by atoms with Crippen LogP contribution in [0.5, 0.6) is 0 Å². The van der Waals surface area contributed by atoms with E-state index in [1.165, 1.54) is 21.1 Å². The van der Waals surface area contributed by atoms with Gasteiger partial charge in [0.25, 0.3) is 10.0 Å². The van der Waals surface area contributed by atoms with Crippen molar-refractivity contribution in [3.63, 3.8) is 0 Å². The van der Waals surface area contributed by atoms with Crippen molar-refractivity contribution < 1.29 is 87.5 Å². The number of quaternary nitrogens is 1. The van der Waals surface area contributed by atoms with Gasteiger partial charge in [-0.3, -0.25) is 0 Å². The van der Waals surface area contributed by atoms with Gasteiger partial charge in [-0.1, -0.05) is 0 Å². The molecule has 0 rings (SSSR count). The molecule has 0 saturated heterocycles. The fraction of sp³-hybridized carbons (Fsp3) is 1.00. The quantitative estimate of drug-likeness (QED) is 0.270. The second-order valence-corrected chi connectivity index (χ2v) is 10.2. The van der Waals surface area contributed by atoms with Crippen molar-refractivity contribution in [3.8, 4) is 0 Å². The van der Waals surface area contributed by atoms with Gasteiger partial charge in [0.15, 0.2) is 0 Å². The molecule has 0 saturated carbocycles. The summed E-state index contributed by atoms with van der Waals surface area (Å²) in [5.41, 5.74) is 0. The third-order valence-corrected chi connectivity index (χ3v) is 5.85. The van der Waals surface area contributed by atoms with Gasteiger partial charge in [0, 0.05) is 0 Å². The fourth-order valence-corrected chi connectivity index (χ4v) is 3.73. The summed E-state index contributed by atoms with van der Waals surface area (Å²) in [5.74, 6) is -51.6. The predicted octanol–water partition coefficient (Wildman–Crippen LogP) is 4.97. The van der Waals surface area contributed by atoms with Gasteiger partial charge in [0.05, 0.1) is 33.7 Å². The molecule has 0 aliphatic carbocycles. The van der Waals surface area contributed by atoms with Crippen LogP contribution in [0.1, 0.15) is 6.92 Å². The Hall–Kier alpha value is -1.32. The van der Waals surface area contributed by atoms with Crippen molar-refractivity contribution in [2.24, 2.45) is 0 Å². The van der Waals surface area contributed by atoms with Crippen LogP contribution in [0.2, 0.25) is 0 Å². The molecule has 36 heavy (non-hydrogen) atoms. The summed E-state index contributed by atoms with van der Waals surface area (Å²) in [6, 6.07) is -1.89. The summed E-state index contributed by atoms with van der Waals surface area (Å²) in [7, 11) is -3.56. The van der Waals surface area contributed by atoms with Crippen LogP contribution >= 0.6 is 0 Å². The van der Waals surface area contributed by atoms with Crippen molar-refractivity contribution >= 4 is 10.0 Å². The third-order valence-electron chi connectivity index (χ3n) is 4.21. The van der Waals surface area contributed by atoms with E-state index in [4.69, 9.17) is 0 Å². The summed E-state index contributed by atoms with van der Waals surface area (Å²) < 4.78 is 248. The molecule has 218 valence electrons. The molecule has 22 heteroatoms. The van der Waals surface area contributed by atoms with E-state index in [2.05, 4.69) is 0 Å². The third kappa shape index (κ3) is 5.04. The standard InChI is InChI=1S/C14H16F17N2O2S/c1-6(5-33(2,3)4)32-36(34,35)14(30,31)12(25,26)10(21,22)8(17,18)7(15,16)9(19,20)11(23,24)13(27,28)29/h6,32H,5H2,1-4H3/q+1. The molecular weight excluding hydrogens is 583 g/mol. The van der Waals surface area contributed by atoms with Crippen molar-refractivity contribution in [3.05, 3.63) is 0 Å². The van der Waals surface area contributed by atoms with Crippen LogP contribution < -0.4 is 4.72 Å². The Labute approximate surface area is 191 Å². The van der Waals surface area contributed by atoms with Gasteiger partial charge >= 0.3 is 47.0 Å². The number of likely N-dealkylation sites (N-methyl/N-ethyl adjacent to an activating group) is 1. The highest BCUT2D eigenvalue weighted by atomic mass is 32.2. The minimum atomic E-state index is -8.84. The molecule has 0 aromatic rings. The van der Waals surface area contributed by atoms with E-state index >= 15 is 0 Å². The van der Waals surface area contributed by atoms with Gasteiger partial charge in [-0.2, -0.15) is 74.6 Å². The molecule has 0 bridgehead atoms. The zero-order chi connectivity index (χ0) is 30.0. The Morgan fingerprint density at radius 1 is 0.583 bits per heavy atom. The second kappa shape index (κ2) is 8.87. The summed E-state index contributed by atoms with van der Waals surface area (Å²) in [6.07, 6.45) is -7.87. The molecule has 0 amide bonds. The number of halogens is 17. The summed E-state index contributed by atoms with van der Waals surface area (Å²) in [6.45, 7) is 0.0558. The molecule has 0 spiro atoms. The minimum absolute atomic E-state index is 0.339. The topological polar surface area (TPSA) is 46.2 Å². The number of sulfonamides is 1. The van der Waals surface area contributed by atoms with Crippen LogP contribution in [-0.2, 0) is 10.0 Å². The van der Waals surface area contributed by atoms with E-state index in [1.807, 2.05) is 0 Å². The molecule has 1 atom stereocenters. The first kappa shape index (κ1) is 34.7. The van der Waals surface area contributed by atoms with Crippen LogP contribution in [0.15, 0.2) is 0 Å². The van der Waals surface area contributed by atoms with Crippen LogP contribution in [0.25, 0.3) is 0 Å². The molecule has 0 aromatic heterocycles. The van der Waals surface area contributed by atoms with Crippen LogP contribution in [0.4, 0.5) is 74.6 Å². The molecule has 0 aliphatic rings. The van der Waals surface area contributed by atoms with Gasteiger partial charge in [0.2, 0.25) is 0 Å². The highest BCUT2D eigenvalue weighted by Crippen LogP contribution is 2.64. The van der Waals surface area contributed by atoms with E-state index in [0.717, 1.165) is 0 Å². The number of hydrogen-bond acceptors (Lipinski definition) is 2. The molecule has 0 aromatic carbocycles. The predicted molar refractivity (Wildman–Crippen MR) is 85.1 cm³/mol. The average molecular weight is 599 g/mol. The molecule has 0 radical (unpaired) electrons. The van der Waals surface area contributed by atoms with Gasteiger partial charge in [-0.25, -0.2) is 13.1 Å². The summed E-state index contributed by atoms with van der Waals surface area (Å²) in [5, 5.41) is -7.55. The van der Waals surface area contributed by atoms with E-state index in [9.17, 15) is 83.1 Å². The summed E-state index contributed by atoms with van der Waals surface area (Å²) >= 11 is 0. The maximum Gasteiger partial charge on any atom is 0.460 e. The molecular formula is C14H16F17N2O2S+. The SMILES string of the molecule is CC(C[N+](C)(C)C)NS(=O)(=O)C(F)(F)C(F)(F)C(F)(F)C(F)(F)C(F)(F)C(F)(F)C(F)(F)C(F)(F)F. The van der Waals surface area contributed by atoms with Crippen molar-refractivity contribution in [1.29, 1.82) is 0 Å². The van der Waals surface area contributed by atoms with Crippen LogP contribution in [0, 0.1) is 0 Å². The number of nitrogens with one attached hydrogen (secondary N) is 1. The molecule has 0 aliphatic heterocycles. The van der Waals surface area contributed by atoms with Crippen LogP contribution in [0.3, 0.4) is 0 Å². The van der Waals surface area contributed by atoms with E-state index < -0.39 is 69.6 Å². The van der Waals surface area contributed by atoms with Gasteiger partial charge in [0.1, 0.15) is 0 Å². The first-order valence-corrected chi connectivity index (χ1v) is 10.1. The highest BCUT2D eigenvalue weighted by Gasteiger charge is 2.96. The zero-order valence-corrected chi connectivity index (χ0v) is 18.7. The van der Waals surface area contributed by atoms with E-state index in [1.54, 1.807) is 0 Å². The lowest BCUT2D eigenvalue weighted by Gasteiger charge is -2.42. The van der Waals surface area contributed by atoms with Gasteiger partial charge in [-0.05, 0) is 6.92 Å².